The zero-order chi connectivity index (χ0) is 13.1. The van der Waals surface area contributed by atoms with Crippen LogP contribution in [0.25, 0.3) is 0 Å². The molecule has 3 nitrogen and oxygen atoms in total. The number of carboxylic acids is 1. The van der Waals surface area contributed by atoms with Crippen molar-refractivity contribution in [3.05, 3.63) is 70.2 Å². The second kappa shape index (κ2) is 5.02. The van der Waals surface area contributed by atoms with Crippen LogP contribution in [0.1, 0.15) is 26.3 Å². The first-order valence-corrected chi connectivity index (χ1v) is 5.60. The van der Waals surface area contributed by atoms with Gasteiger partial charge in [-0.2, -0.15) is 0 Å². The summed E-state index contributed by atoms with van der Waals surface area (Å²) in [4.78, 5) is 23.3. The molecule has 0 aliphatic rings. The molecular formula is C14H9ClO3. The molecule has 2 rings (SSSR count). The second-order valence-electron chi connectivity index (χ2n) is 3.69. The van der Waals surface area contributed by atoms with Gasteiger partial charge in [0.25, 0.3) is 0 Å². The third-order valence-electron chi connectivity index (χ3n) is 2.49. The van der Waals surface area contributed by atoms with Crippen molar-refractivity contribution in [2.75, 3.05) is 0 Å². The summed E-state index contributed by atoms with van der Waals surface area (Å²) in [6.07, 6.45) is 0. The molecule has 0 bridgehead atoms. The van der Waals surface area contributed by atoms with Crippen LogP contribution >= 0.6 is 11.6 Å². The summed E-state index contributed by atoms with van der Waals surface area (Å²) in [6, 6.07) is 12.7. The summed E-state index contributed by atoms with van der Waals surface area (Å²) < 4.78 is 0. The van der Waals surface area contributed by atoms with Crippen LogP contribution < -0.4 is 0 Å². The average Bonchev–Trinajstić information content (AvgIpc) is 2.38. The minimum atomic E-state index is -1.15. The predicted octanol–water partition coefficient (Wildman–Crippen LogP) is 3.27. The van der Waals surface area contributed by atoms with E-state index in [0.29, 0.717) is 10.6 Å². The van der Waals surface area contributed by atoms with Crippen LogP contribution in [0.2, 0.25) is 5.02 Å². The predicted molar refractivity (Wildman–Crippen MR) is 68.3 cm³/mol. The number of hydrogen-bond acceptors (Lipinski definition) is 2. The SMILES string of the molecule is O=C(O)c1ccc(Cl)cc1C(=O)c1ccccc1. The Bertz CT molecular complexity index is 606. The maximum absolute atomic E-state index is 12.2. The number of carbonyl (C=O) groups excluding carboxylic acids is 1. The molecule has 0 atom stereocenters. The lowest BCUT2D eigenvalue weighted by atomic mass is 9.98. The molecule has 4 heteroatoms. The first-order chi connectivity index (χ1) is 8.59. The van der Waals surface area contributed by atoms with Gasteiger partial charge in [0.2, 0.25) is 0 Å². The Morgan fingerprint density at radius 1 is 0.944 bits per heavy atom. The normalized spacial score (nSPS) is 10.1. The molecular weight excluding hydrogens is 252 g/mol. The molecule has 0 amide bonds. The van der Waals surface area contributed by atoms with Crippen LogP contribution in [0.5, 0.6) is 0 Å². The molecule has 0 saturated carbocycles. The molecule has 0 aromatic heterocycles. The fourth-order valence-corrected chi connectivity index (χ4v) is 1.81. The van der Waals surface area contributed by atoms with E-state index in [1.807, 2.05) is 0 Å². The first kappa shape index (κ1) is 12.3. The zero-order valence-corrected chi connectivity index (χ0v) is 10.0. The molecule has 2 aromatic rings. The molecule has 0 unspecified atom stereocenters. The third-order valence-corrected chi connectivity index (χ3v) is 2.73. The Labute approximate surface area is 109 Å². The number of halogens is 1. The van der Waals surface area contributed by atoms with E-state index >= 15 is 0 Å². The van der Waals surface area contributed by atoms with Crippen LogP contribution in [0.3, 0.4) is 0 Å². The molecule has 0 aliphatic heterocycles. The van der Waals surface area contributed by atoms with Gasteiger partial charge in [0.1, 0.15) is 0 Å². The van der Waals surface area contributed by atoms with Gasteiger partial charge in [-0.1, -0.05) is 41.9 Å². The fraction of sp³-hybridized carbons (Fsp3) is 0. The van der Waals surface area contributed by atoms with Gasteiger partial charge in [-0.05, 0) is 18.2 Å². The van der Waals surface area contributed by atoms with E-state index in [-0.39, 0.29) is 16.9 Å². The molecule has 0 aliphatic carbocycles. The molecule has 0 spiro atoms. The Hall–Kier alpha value is -2.13. The summed E-state index contributed by atoms with van der Waals surface area (Å²) in [6.45, 7) is 0. The van der Waals surface area contributed by atoms with Crippen molar-refractivity contribution in [2.45, 2.75) is 0 Å². The highest BCUT2D eigenvalue weighted by atomic mass is 35.5. The van der Waals surface area contributed by atoms with E-state index in [4.69, 9.17) is 16.7 Å². The summed E-state index contributed by atoms with van der Waals surface area (Å²) in [5, 5.41) is 9.39. The van der Waals surface area contributed by atoms with E-state index in [9.17, 15) is 9.59 Å². The van der Waals surface area contributed by atoms with Gasteiger partial charge in [-0.15, -0.1) is 0 Å². The topological polar surface area (TPSA) is 54.4 Å². The molecule has 90 valence electrons. The standard InChI is InChI=1S/C14H9ClO3/c15-10-6-7-11(14(17)18)12(8-10)13(16)9-4-2-1-3-5-9/h1-8H,(H,17,18). The van der Waals surface area contributed by atoms with E-state index in [1.54, 1.807) is 30.3 Å². The number of carboxylic acid groups (broad SMARTS) is 1. The van der Waals surface area contributed by atoms with Gasteiger partial charge in [0.15, 0.2) is 5.78 Å². The molecule has 0 saturated heterocycles. The maximum Gasteiger partial charge on any atom is 0.336 e. The van der Waals surface area contributed by atoms with Crippen LogP contribution in [0, 0.1) is 0 Å². The molecule has 18 heavy (non-hydrogen) atoms. The molecule has 1 N–H and O–H groups in total. The number of ketones is 1. The quantitative estimate of drug-likeness (QED) is 0.862. The van der Waals surface area contributed by atoms with Crippen molar-refractivity contribution in [1.29, 1.82) is 0 Å². The van der Waals surface area contributed by atoms with Crippen molar-refractivity contribution in [2.24, 2.45) is 0 Å². The Morgan fingerprint density at radius 3 is 2.22 bits per heavy atom. The highest BCUT2D eigenvalue weighted by Gasteiger charge is 2.18. The van der Waals surface area contributed by atoms with Gasteiger partial charge >= 0.3 is 5.97 Å². The number of benzene rings is 2. The average molecular weight is 261 g/mol. The largest absolute Gasteiger partial charge is 0.478 e. The Kier molecular flexibility index (Phi) is 3.44. The lowest BCUT2D eigenvalue weighted by Crippen LogP contribution is -2.09. The Morgan fingerprint density at radius 2 is 1.61 bits per heavy atom. The van der Waals surface area contributed by atoms with Gasteiger partial charge in [0, 0.05) is 16.1 Å². The summed E-state index contributed by atoms with van der Waals surface area (Å²) in [5.74, 6) is -1.50. The smallest absolute Gasteiger partial charge is 0.336 e. The van der Waals surface area contributed by atoms with Gasteiger partial charge in [-0.3, -0.25) is 4.79 Å². The molecule has 2 aromatic carbocycles. The lowest BCUT2D eigenvalue weighted by molar-refractivity contribution is 0.0693. The molecule has 0 radical (unpaired) electrons. The molecule has 0 fully saturated rings. The van der Waals surface area contributed by atoms with E-state index in [0.717, 1.165) is 0 Å². The monoisotopic (exact) mass is 260 g/mol. The van der Waals surface area contributed by atoms with Gasteiger partial charge in [0.05, 0.1) is 5.56 Å². The third kappa shape index (κ3) is 2.41. The minimum absolute atomic E-state index is 0.0479. The second-order valence-corrected chi connectivity index (χ2v) is 4.13. The lowest BCUT2D eigenvalue weighted by Gasteiger charge is -2.05. The van der Waals surface area contributed by atoms with Crippen LogP contribution in [0.4, 0.5) is 0 Å². The van der Waals surface area contributed by atoms with Crippen molar-refractivity contribution < 1.29 is 14.7 Å². The van der Waals surface area contributed by atoms with E-state index < -0.39 is 5.97 Å². The maximum atomic E-state index is 12.2. The number of rotatable bonds is 3. The Balaban J connectivity index is 2.54. The van der Waals surface area contributed by atoms with Crippen molar-refractivity contribution in [1.82, 2.24) is 0 Å². The highest BCUT2D eigenvalue weighted by Crippen LogP contribution is 2.19. The summed E-state index contributed by atoms with van der Waals surface area (Å²) in [5.41, 5.74) is 0.483. The number of carbonyl (C=O) groups is 2. The van der Waals surface area contributed by atoms with E-state index in [1.165, 1.54) is 18.2 Å². The minimum Gasteiger partial charge on any atom is -0.478 e. The van der Waals surface area contributed by atoms with Crippen molar-refractivity contribution in [3.8, 4) is 0 Å². The fourth-order valence-electron chi connectivity index (χ4n) is 1.64. The highest BCUT2D eigenvalue weighted by molar-refractivity contribution is 6.31. The van der Waals surface area contributed by atoms with Gasteiger partial charge in [-0.25, -0.2) is 4.79 Å². The van der Waals surface area contributed by atoms with Crippen molar-refractivity contribution >= 4 is 23.4 Å². The van der Waals surface area contributed by atoms with Crippen LogP contribution in [-0.4, -0.2) is 16.9 Å². The van der Waals surface area contributed by atoms with Gasteiger partial charge < -0.3 is 5.11 Å². The number of aromatic carboxylic acids is 1. The van der Waals surface area contributed by atoms with Crippen LogP contribution in [-0.2, 0) is 0 Å². The summed E-state index contributed by atoms with van der Waals surface area (Å²) >= 11 is 5.81. The first-order valence-electron chi connectivity index (χ1n) is 5.22. The summed E-state index contributed by atoms with van der Waals surface area (Å²) in [7, 11) is 0. The zero-order valence-electron chi connectivity index (χ0n) is 9.26. The van der Waals surface area contributed by atoms with Crippen molar-refractivity contribution in [3.63, 3.8) is 0 Å². The van der Waals surface area contributed by atoms with E-state index in [2.05, 4.69) is 0 Å². The van der Waals surface area contributed by atoms with Crippen LogP contribution in [0.15, 0.2) is 48.5 Å². The molecule has 0 heterocycles. The number of hydrogen-bond donors (Lipinski definition) is 1.